The van der Waals surface area contributed by atoms with Gasteiger partial charge in [0.15, 0.2) is 0 Å². The summed E-state index contributed by atoms with van der Waals surface area (Å²) in [4.78, 5) is 13.3. The van der Waals surface area contributed by atoms with Crippen LogP contribution in [0.5, 0.6) is 0 Å². The first-order chi connectivity index (χ1) is 9.46. The summed E-state index contributed by atoms with van der Waals surface area (Å²) in [5.74, 6) is -0.505. The molecule has 3 rings (SSSR count). The highest BCUT2D eigenvalue weighted by Crippen LogP contribution is 2.22. The number of halogens is 2. The Morgan fingerprint density at radius 2 is 2.25 bits per heavy atom. The largest absolute Gasteiger partial charge is 0.491 e. The van der Waals surface area contributed by atoms with Gasteiger partial charge in [-0.15, -0.1) is 0 Å². The molecule has 2 aliphatic heterocycles. The molecule has 0 atom stereocenters. The van der Waals surface area contributed by atoms with Crippen molar-refractivity contribution in [3.63, 3.8) is 0 Å². The third-order valence-corrected chi connectivity index (χ3v) is 3.39. The van der Waals surface area contributed by atoms with Crippen LogP contribution in [0.1, 0.15) is 15.9 Å². The topological polar surface area (TPSA) is 59.0 Å². The Kier molecular flexibility index (Phi) is 3.23. The summed E-state index contributed by atoms with van der Waals surface area (Å²) < 4.78 is 35.6. The maximum atomic E-state index is 13.1. The molecule has 0 saturated carbocycles. The van der Waals surface area contributed by atoms with Crippen LogP contribution in [0, 0.1) is 0 Å². The highest BCUT2D eigenvalue weighted by Gasteiger charge is 2.39. The lowest BCUT2D eigenvalue weighted by Crippen LogP contribution is -2.49. The Hall–Kier alpha value is -1.51. The quantitative estimate of drug-likeness (QED) is 0.735. The fraction of sp³-hybridized carbons (Fsp3) is 0.417. The Labute approximate surface area is 114 Å². The van der Waals surface area contributed by atoms with E-state index < -0.39 is 25.7 Å². The van der Waals surface area contributed by atoms with Crippen molar-refractivity contribution in [3.8, 4) is 0 Å². The van der Waals surface area contributed by atoms with Gasteiger partial charge >= 0.3 is 13.2 Å². The van der Waals surface area contributed by atoms with Gasteiger partial charge in [0.05, 0.1) is 13.2 Å². The number of hydrogen-bond donors (Lipinski definition) is 1. The van der Waals surface area contributed by atoms with Crippen molar-refractivity contribution >= 4 is 18.5 Å². The summed E-state index contributed by atoms with van der Waals surface area (Å²) in [5.41, 5.74) is 1.56. The molecule has 0 aliphatic carbocycles. The molecule has 0 spiro atoms. The van der Waals surface area contributed by atoms with E-state index in [4.69, 9.17) is 4.65 Å². The number of benzene rings is 1. The summed E-state index contributed by atoms with van der Waals surface area (Å²) in [6, 6.07) is 4.70. The van der Waals surface area contributed by atoms with Gasteiger partial charge in [0.2, 0.25) is 0 Å². The molecule has 0 bridgehead atoms. The zero-order valence-corrected chi connectivity index (χ0v) is 10.5. The predicted octanol–water partition coefficient (Wildman–Crippen LogP) is -0.0305. The van der Waals surface area contributed by atoms with E-state index in [0.717, 1.165) is 10.5 Å². The van der Waals surface area contributed by atoms with Crippen LogP contribution < -0.4 is 5.46 Å². The molecule has 0 radical (unpaired) electrons. The molecule has 8 heteroatoms. The number of hydrogen-bond acceptors (Lipinski definition) is 4. The molecule has 5 nitrogen and oxygen atoms in total. The monoisotopic (exact) mass is 283 g/mol. The van der Waals surface area contributed by atoms with Crippen LogP contribution in [0.15, 0.2) is 18.2 Å². The Morgan fingerprint density at radius 1 is 1.45 bits per heavy atom. The first-order valence-corrected chi connectivity index (χ1v) is 6.20. The number of carbonyl (C=O) groups is 1. The molecular weight excluding hydrogens is 271 g/mol. The maximum Gasteiger partial charge on any atom is 0.491 e. The van der Waals surface area contributed by atoms with E-state index in [9.17, 15) is 18.6 Å². The lowest BCUT2D eigenvalue weighted by atomic mass is 9.78. The molecule has 2 heterocycles. The number of alkyl halides is 2. The van der Waals surface area contributed by atoms with Crippen LogP contribution >= 0.6 is 0 Å². The average Bonchev–Trinajstić information content (AvgIpc) is 2.78. The molecule has 0 aromatic heterocycles. The van der Waals surface area contributed by atoms with Crippen LogP contribution in [0.3, 0.4) is 0 Å². The second-order valence-electron chi connectivity index (χ2n) is 4.79. The van der Waals surface area contributed by atoms with Gasteiger partial charge in [-0.05, 0) is 23.2 Å². The SMILES string of the molecule is O=C(c1ccc2c(c1)B(O)OC2)N1CCOC(F)(F)C1. The molecule has 1 amide bonds. The molecular formula is C12H12BF2NO4. The smallest absolute Gasteiger partial charge is 0.423 e. The lowest BCUT2D eigenvalue weighted by Gasteiger charge is -2.32. The van der Waals surface area contributed by atoms with E-state index in [1.807, 2.05) is 0 Å². The van der Waals surface area contributed by atoms with E-state index in [-0.39, 0.29) is 25.3 Å². The highest BCUT2D eigenvalue weighted by molar-refractivity contribution is 6.61. The molecule has 0 unspecified atom stereocenters. The predicted molar refractivity (Wildman–Crippen MR) is 65.6 cm³/mol. The number of morpholine rings is 1. The second-order valence-corrected chi connectivity index (χ2v) is 4.79. The zero-order valence-electron chi connectivity index (χ0n) is 10.5. The maximum absolute atomic E-state index is 13.1. The van der Waals surface area contributed by atoms with Gasteiger partial charge in [-0.3, -0.25) is 4.79 Å². The van der Waals surface area contributed by atoms with Gasteiger partial charge in [-0.1, -0.05) is 6.07 Å². The Balaban J connectivity index is 1.82. The molecule has 1 aromatic carbocycles. The van der Waals surface area contributed by atoms with Gasteiger partial charge in [0, 0.05) is 12.1 Å². The lowest BCUT2D eigenvalue weighted by molar-refractivity contribution is -0.263. The summed E-state index contributed by atoms with van der Waals surface area (Å²) in [6.07, 6.45) is -3.31. The summed E-state index contributed by atoms with van der Waals surface area (Å²) >= 11 is 0. The van der Waals surface area contributed by atoms with Crippen molar-refractivity contribution in [2.24, 2.45) is 0 Å². The van der Waals surface area contributed by atoms with E-state index in [1.165, 1.54) is 6.07 Å². The Bertz CT molecular complexity index is 554. The third kappa shape index (κ3) is 2.42. The fourth-order valence-electron chi connectivity index (χ4n) is 2.36. The van der Waals surface area contributed by atoms with Crippen LogP contribution in [-0.2, 0) is 16.0 Å². The summed E-state index contributed by atoms with van der Waals surface area (Å²) in [6.45, 7) is -0.567. The summed E-state index contributed by atoms with van der Waals surface area (Å²) in [7, 11) is -1.07. The average molecular weight is 283 g/mol. The Morgan fingerprint density at radius 3 is 3.00 bits per heavy atom. The van der Waals surface area contributed by atoms with E-state index in [2.05, 4.69) is 4.74 Å². The van der Waals surface area contributed by atoms with Crippen LogP contribution in [0.25, 0.3) is 0 Å². The van der Waals surface area contributed by atoms with Gasteiger partial charge in [0.1, 0.15) is 6.54 Å². The van der Waals surface area contributed by atoms with Crippen molar-refractivity contribution in [2.45, 2.75) is 12.7 Å². The number of amides is 1. The van der Waals surface area contributed by atoms with Crippen LogP contribution in [0.2, 0.25) is 0 Å². The summed E-state index contributed by atoms with van der Waals surface area (Å²) in [5, 5.41) is 9.59. The van der Waals surface area contributed by atoms with E-state index in [1.54, 1.807) is 12.1 Å². The molecule has 20 heavy (non-hydrogen) atoms. The molecule has 1 N–H and O–H groups in total. The molecule has 2 aliphatic rings. The minimum absolute atomic E-state index is 0.116. The molecule has 1 fully saturated rings. The number of rotatable bonds is 1. The van der Waals surface area contributed by atoms with Gasteiger partial charge in [-0.2, -0.15) is 8.78 Å². The van der Waals surface area contributed by atoms with Crippen LogP contribution in [0.4, 0.5) is 8.78 Å². The first kappa shape index (κ1) is 13.5. The number of fused-ring (bicyclic) bond motifs is 1. The van der Waals surface area contributed by atoms with Gasteiger partial charge in [0.25, 0.3) is 5.91 Å². The molecule has 106 valence electrons. The van der Waals surface area contributed by atoms with Gasteiger partial charge < -0.3 is 19.3 Å². The number of ether oxygens (including phenoxy) is 1. The normalized spacial score (nSPS) is 20.9. The first-order valence-electron chi connectivity index (χ1n) is 6.20. The fourth-order valence-corrected chi connectivity index (χ4v) is 2.36. The minimum atomic E-state index is -3.31. The van der Waals surface area contributed by atoms with Crippen molar-refractivity contribution < 1.29 is 28.0 Å². The second kappa shape index (κ2) is 4.80. The molecule has 1 saturated heterocycles. The van der Waals surface area contributed by atoms with E-state index >= 15 is 0 Å². The standard InChI is InChI=1S/C12H12BF2NO4/c14-12(15)7-16(3-4-19-12)11(17)8-1-2-9-6-20-13(18)10(9)5-8/h1-2,5,18H,3-4,6-7H2. The number of nitrogens with zero attached hydrogens (tertiary/aromatic N) is 1. The van der Waals surface area contributed by atoms with Crippen molar-refractivity contribution in [1.82, 2.24) is 4.90 Å². The number of carbonyl (C=O) groups excluding carboxylic acids is 1. The third-order valence-electron chi connectivity index (χ3n) is 3.39. The van der Waals surface area contributed by atoms with Crippen molar-refractivity contribution in [2.75, 3.05) is 19.7 Å². The minimum Gasteiger partial charge on any atom is -0.423 e. The van der Waals surface area contributed by atoms with Gasteiger partial charge in [-0.25, -0.2) is 0 Å². The van der Waals surface area contributed by atoms with Crippen molar-refractivity contribution in [3.05, 3.63) is 29.3 Å². The molecule has 1 aromatic rings. The van der Waals surface area contributed by atoms with E-state index in [0.29, 0.717) is 5.46 Å². The zero-order chi connectivity index (χ0) is 14.3. The van der Waals surface area contributed by atoms with Crippen LogP contribution in [-0.4, -0.2) is 48.8 Å². The highest BCUT2D eigenvalue weighted by atomic mass is 19.3. The van der Waals surface area contributed by atoms with Crippen molar-refractivity contribution in [1.29, 1.82) is 0 Å².